The van der Waals surface area contributed by atoms with E-state index < -0.39 is 7.12 Å². The SMILES string of the molecule is N#Cc1cccc([C@@H]2C[C@H]2B(O)O)c1. The van der Waals surface area contributed by atoms with Crippen molar-refractivity contribution in [1.29, 1.82) is 5.26 Å². The number of hydrogen-bond donors (Lipinski definition) is 2. The highest BCUT2D eigenvalue weighted by molar-refractivity contribution is 6.44. The molecule has 0 aliphatic heterocycles. The summed E-state index contributed by atoms with van der Waals surface area (Å²) in [4.78, 5) is 0. The molecule has 1 aliphatic rings. The van der Waals surface area contributed by atoms with E-state index in [0.717, 1.165) is 12.0 Å². The molecule has 1 aromatic carbocycles. The molecule has 0 bridgehead atoms. The van der Waals surface area contributed by atoms with E-state index >= 15 is 0 Å². The summed E-state index contributed by atoms with van der Waals surface area (Å²) in [6.45, 7) is 0. The number of hydrogen-bond acceptors (Lipinski definition) is 3. The standard InChI is InChI=1S/C10H10BNO2/c12-6-7-2-1-3-8(4-7)9-5-10(9)11(13)14/h1-4,9-10,13-14H,5H2/t9-,10+/m0/s1. The van der Waals surface area contributed by atoms with Crippen molar-refractivity contribution in [2.24, 2.45) is 0 Å². The average molecular weight is 187 g/mol. The van der Waals surface area contributed by atoms with Gasteiger partial charge in [0.2, 0.25) is 0 Å². The van der Waals surface area contributed by atoms with Crippen molar-refractivity contribution in [3.05, 3.63) is 35.4 Å². The van der Waals surface area contributed by atoms with Crippen molar-refractivity contribution >= 4 is 7.12 Å². The van der Waals surface area contributed by atoms with Crippen molar-refractivity contribution in [1.82, 2.24) is 0 Å². The minimum Gasteiger partial charge on any atom is -0.427 e. The molecule has 3 nitrogen and oxygen atoms in total. The lowest BCUT2D eigenvalue weighted by Crippen LogP contribution is -2.11. The third kappa shape index (κ3) is 1.65. The molecular formula is C10H10BNO2. The first-order chi connectivity index (χ1) is 6.72. The van der Waals surface area contributed by atoms with Crippen LogP contribution in [0, 0.1) is 11.3 Å². The van der Waals surface area contributed by atoms with Crippen LogP contribution in [0.2, 0.25) is 5.82 Å². The van der Waals surface area contributed by atoms with Crippen molar-refractivity contribution < 1.29 is 10.0 Å². The Morgan fingerprint density at radius 3 is 2.79 bits per heavy atom. The van der Waals surface area contributed by atoms with Crippen LogP contribution >= 0.6 is 0 Å². The maximum atomic E-state index is 8.94. The summed E-state index contributed by atoms with van der Waals surface area (Å²) < 4.78 is 0. The fourth-order valence-electron chi connectivity index (χ4n) is 1.77. The summed E-state index contributed by atoms with van der Waals surface area (Å²) in [5.74, 6) is 0.159. The summed E-state index contributed by atoms with van der Waals surface area (Å²) >= 11 is 0. The maximum Gasteiger partial charge on any atom is 0.455 e. The fourth-order valence-corrected chi connectivity index (χ4v) is 1.77. The zero-order valence-corrected chi connectivity index (χ0v) is 7.59. The smallest absolute Gasteiger partial charge is 0.427 e. The number of nitrogens with zero attached hydrogens (tertiary/aromatic N) is 1. The van der Waals surface area contributed by atoms with Crippen molar-refractivity contribution in [2.75, 3.05) is 0 Å². The second-order valence-corrected chi connectivity index (χ2v) is 3.66. The first-order valence-corrected chi connectivity index (χ1v) is 4.58. The molecule has 1 aromatic rings. The summed E-state index contributed by atoms with van der Waals surface area (Å²) in [7, 11) is -1.23. The first-order valence-electron chi connectivity index (χ1n) is 4.58. The molecule has 0 saturated heterocycles. The predicted molar refractivity (Wildman–Crippen MR) is 52.5 cm³/mol. The van der Waals surface area contributed by atoms with Crippen LogP contribution in [-0.2, 0) is 0 Å². The molecule has 14 heavy (non-hydrogen) atoms. The van der Waals surface area contributed by atoms with Crippen LogP contribution in [0.5, 0.6) is 0 Å². The molecule has 2 atom stereocenters. The Bertz CT molecular complexity index is 386. The minimum atomic E-state index is -1.23. The maximum absolute atomic E-state index is 8.94. The topological polar surface area (TPSA) is 64.2 Å². The van der Waals surface area contributed by atoms with E-state index in [1.165, 1.54) is 0 Å². The molecule has 0 radical (unpaired) electrons. The van der Waals surface area contributed by atoms with E-state index in [9.17, 15) is 0 Å². The van der Waals surface area contributed by atoms with Gasteiger partial charge in [0.25, 0.3) is 0 Å². The second-order valence-electron chi connectivity index (χ2n) is 3.66. The molecule has 0 aromatic heterocycles. The Hall–Kier alpha value is -1.31. The summed E-state index contributed by atoms with van der Waals surface area (Å²) in [6.07, 6.45) is 0.798. The molecule has 4 heteroatoms. The van der Waals surface area contributed by atoms with Gasteiger partial charge in [-0.25, -0.2) is 0 Å². The number of rotatable bonds is 2. The number of nitriles is 1. The molecule has 0 amide bonds. The molecule has 70 valence electrons. The van der Waals surface area contributed by atoms with Gasteiger partial charge in [-0.3, -0.25) is 0 Å². The highest BCUT2D eigenvalue weighted by atomic mass is 16.4. The molecule has 0 spiro atoms. The number of benzene rings is 1. The van der Waals surface area contributed by atoms with Crippen LogP contribution in [0.3, 0.4) is 0 Å². The van der Waals surface area contributed by atoms with Crippen LogP contribution in [-0.4, -0.2) is 17.2 Å². The van der Waals surface area contributed by atoms with E-state index in [-0.39, 0.29) is 11.7 Å². The molecule has 2 N–H and O–H groups in total. The van der Waals surface area contributed by atoms with Gasteiger partial charge in [-0.2, -0.15) is 5.26 Å². The Morgan fingerprint density at radius 2 is 2.21 bits per heavy atom. The normalized spacial score (nSPS) is 24.1. The second kappa shape index (κ2) is 3.45. The Labute approximate surface area is 82.8 Å². The van der Waals surface area contributed by atoms with E-state index in [4.69, 9.17) is 15.3 Å². The zero-order valence-electron chi connectivity index (χ0n) is 7.59. The lowest BCUT2D eigenvalue weighted by molar-refractivity contribution is 0.402. The summed E-state index contributed by atoms with van der Waals surface area (Å²) in [5, 5.41) is 26.6. The van der Waals surface area contributed by atoms with Gasteiger partial charge in [-0.1, -0.05) is 12.1 Å². The van der Waals surface area contributed by atoms with E-state index in [1.54, 1.807) is 6.07 Å². The van der Waals surface area contributed by atoms with E-state index in [2.05, 4.69) is 6.07 Å². The van der Waals surface area contributed by atoms with Crippen LogP contribution in [0.1, 0.15) is 23.5 Å². The van der Waals surface area contributed by atoms with Gasteiger partial charge in [0, 0.05) is 5.82 Å². The van der Waals surface area contributed by atoms with Gasteiger partial charge in [-0.15, -0.1) is 0 Å². The lowest BCUT2D eigenvalue weighted by atomic mass is 9.81. The van der Waals surface area contributed by atoms with E-state index in [0.29, 0.717) is 5.56 Å². The van der Waals surface area contributed by atoms with E-state index in [1.807, 2.05) is 18.2 Å². The summed E-state index contributed by atoms with van der Waals surface area (Å²) in [6, 6.07) is 9.38. The first kappa shape index (κ1) is 9.26. The molecule has 1 saturated carbocycles. The summed E-state index contributed by atoms with van der Waals surface area (Å²) in [5.41, 5.74) is 1.66. The van der Waals surface area contributed by atoms with Crippen molar-refractivity contribution in [3.63, 3.8) is 0 Å². The van der Waals surface area contributed by atoms with Gasteiger partial charge in [0.15, 0.2) is 0 Å². The highest BCUT2D eigenvalue weighted by Gasteiger charge is 2.46. The minimum absolute atomic E-state index is 0.0519. The van der Waals surface area contributed by atoms with Crippen molar-refractivity contribution in [2.45, 2.75) is 18.2 Å². The van der Waals surface area contributed by atoms with Gasteiger partial charge in [0.1, 0.15) is 0 Å². The highest BCUT2D eigenvalue weighted by Crippen LogP contribution is 2.53. The van der Waals surface area contributed by atoms with Crippen LogP contribution in [0.25, 0.3) is 0 Å². The van der Waals surface area contributed by atoms with Crippen molar-refractivity contribution in [3.8, 4) is 6.07 Å². The van der Waals surface area contributed by atoms with Crippen LogP contribution in [0.4, 0.5) is 0 Å². The van der Waals surface area contributed by atoms with Gasteiger partial charge in [-0.05, 0) is 30.0 Å². The van der Waals surface area contributed by atoms with Crippen LogP contribution < -0.4 is 0 Å². The van der Waals surface area contributed by atoms with Gasteiger partial charge < -0.3 is 10.0 Å². The monoisotopic (exact) mass is 187 g/mol. The zero-order chi connectivity index (χ0) is 10.1. The molecule has 0 heterocycles. The Morgan fingerprint density at radius 1 is 1.43 bits per heavy atom. The quantitative estimate of drug-likeness (QED) is 0.675. The fraction of sp³-hybridized carbons (Fsp3) is 0.300. The lowest BCUT2D eigenvalue weighted by Gasteiger charge is -1.99. The molecule has 1 aliphatic carbocycles. The average Bonchev–Trinajstić information content (AvgIpc) is 2.97. The Kier molecular flexibility index (Phi) is 2.28. The third-order valence-electron chi connectivity index (χ3n) is 2.67. The van der Waals surface area contributed by atoms with Crippen LogP contribution in [0.15, 0.2) is 24.3 Å². The molecule has 2 rings (SSSR count). The predicted octanol–water partition coefficient (Wildman–Crippen LogP) is 0.889. The molecule has 0 unspecified atom stereocenters. The van der Waals surface area contributed by atoms with Gasteiger partial charge in [0.05, 0.1) is 11.6 Å². The Balaban J connectivity index is 2.16. The largest absolute Gasteiger partial charge is 0.455 e. The van der Waals surface area contributed by atoms with Gasteiger partial charge >= 0.3 is 7.12 Å². The molecular weight excluding hydrogens is 177 g/mol. The molecule has 1 fully saturated rings. The third-order valence-corrected chi connectivity index (χ3v) is 2.67.